The predicted octanol–water partition coefficient (Wildman–Crippen LogP) is 4.20. The Kier molecular flexibility index (Phi) is 9.61. The average molecular weight is 687 g/mol. The third-order valence-corrected chi connectivity index (χ3v) is 10.5. The molecule has 1 spiro atoms. The summed E-state index contributed by atoms with van der Waals surface area (Å²) >= 11 is 0.952. The summed E-state index contributed by atoms with van der Waals surface area (Å²) in [5, 5.41) is 31.0. The van der Waals surface area contributed by atoms with Crippen LogP contribution in [0.25, 0.3) is 21.5 Å². The molecule has 2 fully saturated rings. The van der Waals surface area contributed by atoms with Crippen LogP contribution < -0.4 is 10.2 Å². The summed E-state index contributed by atoms with van der Waals surface area (Å²) in [6, 6.07) is 17.7. The van der Waals surface area contributed by atoms with Crippen molar-refractivity contribution in [3.8, 4) is 17.0 Å². The number of hydrogen-bond acceptors (Lipinski definition) is 9. The van der Waals surface area contributed by atoms with Crippen LogP contribution in [-0.2, 0) is 17.7 Å². The second kappa shape index (κ2) is 14.2. The third kappa shape index (κ3) is 7.46. The van der Waals surface area contributed by atoms with Crippen molar-refractivity contribution in [2.45, 2.75) is 37.5 Å². The second-order valence-corrected chi connectivity index (χ2v) is 13.9. The zero-order valence-electron chi connectivity index (χ0n) is 27.0. The minimum Gasteiger partial charge on any atom is -0.506 e. The van der Waals surface area contributed by atoms with Gasteiger partial charge in [-0.1, -0.05) is 35.6 Å². The fourth-order valence-electron chi connectivity index (χ4n) is 6.92. The Hall–Kier alpha value is -4.40. The third-order valence-electron chi connectivity index (χ3n) is 9.53. The molecule has 0 aliphatic carbocycles. The van der Waals surface area contributed by atoms with Gasteiger partial charge in [0, 0.05) is 55.6 Å². The van der Waals surface area contributed by atoms with Crippen molar-refractivity contribution in [1.29, 1.82) is 0 Å². The van der Waals surface area contributed by atoms with Crippen LogP contribution in [0.1, 0.15) is 46.0 Å². The summed E-state index contributed by atoms with van der Waals surface area (Å²) < 4.78 is 21.5. The van der Waals surface area contributed by atoms with Crippen LogP contribution in [-0.4, -0.2) is 92.6 Å². The first-order chi connectivity index (χ1) is 23.7. The van der Waals surface area contributed by atoms with Crippen LogP contribution >= 0.6 is 11.3 Å². The number of aromatic amines is 2. The van der Waals surface area contributed by atoms with Crippen LogP contribution in [0.5, 0.6) is 5.75 Å². The van der Waals surface area contributed by atoms with Crippen LogP contribution in [0.15, 0.2) is 71.7 Å². The number of halogens is 1. The number of aliphatic hydroxyl groups excluding tert-OH is 1. The number of aromatic nitrogens is 3. The topological polar surface area (TPSA) is 147 Å². The van der Waals surface area contributed by atoms with E-state index >= 15 is 0 Å². The molecule has 3 aromatic carbocycles. The number of morpholine rings is 1. The van der Waals surface area contributed by atoms with E-state index in [9.17, 15) is 24.2 Å². The number of thiazole rings is 1. The Balaban J connectivity index is 0.894. The van der Waals surface area contributed by atoms with E-state index in [1.165, 1.54) is 6.07 Å². The van der Waals surface area contributed by atoms with Crippen molar-refractivity contribution < 1.29 is 24.1 Å². The molecule has 49 heavy (non-hydrogen) atoms. The lowest BCUT2D eigenvalue weighted by Gasteiger charge is -2.47. The summed E-state index contributed by atoms with van der Waals surface area (Å²) in [5.41, 5.74) is 4.72. The van der Waals surface area contributed by atoms with Gasteiger partial charge in [-0.25, -0.2) is 4.39 Å². The van der Waals surface area contributed by atoms with E-state index in [1.807, 2.05) is 41.3 Å². The van der Waals surface area contributed by atoms with Crippen molar-refractivity contribution in [2.24, 2.45) is 0 Å². The maximum Gasteiger partial charge on any atom is 0.305 e. The molecule has 5 N–H and O–H groups in total. The Bertz CT molecular complexity index is 1970. The van der Waals surface area contributed by atoms with E-state index in [1.54, 1.807) is 24.4 Å². The molecule has 5 aromatic rings. The van der Waals surface area contributed by atoms with Gasteiger partial charge in [0.2, 0.25) is 0 Å². The molecule has 0 unspecified atom stereocenters. The van der Waals surface area contributed by atoms with Crippen LogP contribution in [0.3, 0.4) is 0 Å². The number of carbonyl (C=O) groups is 1. The highest BCUT2D eigenvalue weighted by Crippen LogP contribution is 2.33. The second-order valence-electron chi connectivity index (χ2n) is 12.9. The number of piperidine rings is 1. The number of rotatable bonds is 10. The molecule has 7 rings (SSSR count). The Labute approximate surface area is 286 Å². The minimum absolute atomic E-state index is 0.00613. The number of likely N-dealkylation sites (tertiary alicyclic amines) is 1. The van der Waals surface area contributed by atoms with Crippen LogP contribution in [0, 0.1) is 5.82 Å². The molecule has 0 radical (unpaired) electrons. The molecule has 2 aliphatic heterocycles. The molecule has 11 nitrogen and oxygen atoms in total. The fourth-order valence-corrected chi connectivity index (χ4v) is 7.84. The zero-order chi connectivity index (χ0) is 34.0. The number of ether oxygens (including phenoxy) is 1. The number of aromatic hydroxyl groups is 1. The number of nitrogens with zero attached hydrogens (tertiary/aromatic N) is 3. The maximum absolute atomic E-state index is 14.7. The number of phenols is 1. The number of phenolic OH excluding ortho intramolecular Hbond substituents is 1. The monoisotopic (exact) mass is 686 g/mol. The van der Waals surface area contributed by atoms with Gasteiger partial charge in [-0.05, 0) is 73.3 Å². The fraction of sp³-hybridized carbons (Fsp3) is 0.361. The van der Waals surface area contributed by atoms with E-state index in [-0.39, 0.29) is 34.5 Å². The number of fused-ring (bicyclic) bond motifs is 1. The first-order valence-corrected chi connectivity index (χ1v) is 17.3. The van der Waals surface area contributed by atoms with Gasteiger partial charge in [0.05, 0.1) is 35.3 Å². The number of carbonyl (C=O) groups excluding carboxylic acids is 1. The highest BCUT2D eigenvalue weighted by molar-refractivity contribution is 7.16. The number of nitrogens with one attached hydrogen (secondary N) is 3. The Morgan fingerprint density at radius 2 is 1.88 bits per heavy atom. The van der Waals surface area contributed by atoms with Gasteiger partial charge >= 0.3 is 4.87 Å². The first kappa shape index (κ1) is 33.1. The lowest BCUT2D eigenvalue weighted by Crippen LogP contribution is -2.57. The molecule has 256 valence electrons. The minimum atomic E-state index is -0.877. The first-order valence-electron chi connectivity index (χ1n) is 16.5. The van der Waals surface area contributed by atoms with Crippen molar-refractivity contribution in [3.05, 3.63) is 105 Å². The highest BCUT2D eigenvalue weighted by Gasteiger charge is 2.41. The molecule has 1 amide bonds. The summed E-state index contributed by atoms with van der Waals surface area (Å²) in [6.45, 7) is 4.57. The number of H-pyrrole nitrogens is 2. The molecule has 2 aromatic heterocycles. The Morgan fingerprint density at radius 1 is 1.08 bits per heavy atom. The SMILES string of the molecule is O=C(c1ccc(-c2cc[nH]n2)cc1)N1CCOC2(CCN(Cc3cc(F)cc(CCNC[C@H](O)c4ccc(O)c5[nH]c(=O)sc45)c3)CC2)C1. The lowest BCUT2D eigenvalue weighted by atomic mass is 9.88. The van der Waals surface area contributed by atoms with Gasteiger partial charge in [0.1, 0.15) is 17.1 Å². The summed E-state index contributed by atoms with van der Waals surface area (Å²) in [7, 11) is 0. The zero-order valence-corrected chi connectivity index (χ0v) is 27.8. The molecular formula is C36H39FN6O5S. The molecule has 4 heterocycles. The van der Waals surface area contributed by atoms with Crippen molar-refractivity contribution in [1.82, 2.24) is 30.3 Å². The van der Waals surface area contributed by atoms with Gasteiger partial charge in [-0.2, -0.15) is 5.10 Å². The number of amides is 1. The average Bonchev–Trinajstić information content (AvgIpc) is 3.78. The predicted molar refractivity (Wildman–Crippen MR) is 185 cm³/mol. The summed E-state index contributed by atoms with van der Waals surface area (Å²) in [6.07, 6.45) is 3.05. The van der Waals surface area contributed by atoms with Gasteiger partial charge < -0.3 is 30.2 Å². The van der Waals surface area contributed by atoms with Crippen LogP contribution in [0.2, 0.25) is 0 Å². The van der Waals surface area contributed by atoms with Crippen molar-refractivity contribution in [3.63, 3.8) is 0 Å². The standard InChI is InChI=1S/C36H39FN6O5S/c37-27-18-23(7-11-38-20-31(45)28-5-6-30(44)32-33(28)49-35(47)40-32)17-24(19-27)21-42-13-9-36(10-14-42)22-43(15-16-48-36)34(46)26-3-1-25(2-4-26)29-8-12-39-41-29/h1-6,8,12,17-19,31,38,44-45H,7,9-11,13-16,20-22H2,(H,39,41)(H,40,47)/t31-/m0/s1. The normalized spacial score (nSPS) is 17.1. The molecule has 2 saturated heterocycles. The molecule has 0 bridgehead atoms. The highest BCUT2D eigenvalue weighted by atomic mass is 32.1. The van der Waals surface area contributed by atoms with E-state index in [0.717, 1.165) is 59.7 Å². The maximum atomic E-state index is 14.7. The summed E-state index contributed by atoms with van der Waals surface area (Å²) in [4.78, 5) is 31.7. The molecule has 1 atom stereocenters. The largest absolute Gasteiger partial charge is 0.506 e. The number of benzene rings is 3. The molecule has 13 heteroatoms. The number of aliphatic hydroxyl groups is 1. The smallest absolute Gasteiger partial charge is 0.305 e. The van der Waals surface area contributed by atoms with Gasteiger partial charge in [-0.3, -0.25) is 19.6 Å². The van der Waals surface area contributed by atoms with Crippen molar-refractivity contribution >= 4 is 27.5 Å². The van der Waals surface area contributed by atoms with Gasteiger partial charge in [0.25, 0.3) is 5.91 Å². The quantitative estimate of drug-likeness (QED) is 0.138. The lowest BCUT2D eigenvalue weighted by molar-refractivity contribution is -0.127. The number of hydrogen-bond donors (Lipinski definition) is 5. The van der Waals surface area contributed by atoms with E-state index < -0.39 is 6.10 Å². The van der Waals surface area contributed by atoms with E-state index in [0.29, 0.717) is 60.6 Å². The molecular weight excluding hydrogens is 647 g/mol. The van der Waals surface area contributed by atoms with E-state index in [2.05, 4.69) is 25.4 Å². The van der Waals surface area contributed by atoms with Gasteiger partial charge in [0.15, 0.2) is 0 Å². The molecule has 2 aliphatic rings. The van der Waals surface area contributed by atoms with Crippen LogP contribution in [0.4, 0.5) is 4.39 Å². The van der Waals surface area contributed by atoms with Gasteiger partial charge in [-0.15, -0.1) is 0 Å². The van der Waals surface area contributed by atoms with Crippen molar-refractivity contribution in [2.75, 3.05) is 45.9 Å². The summed E-state index contributed by atoms with van der Waals surface area (Å²) in [5.74, 6) is -0.308. The Morgan fingerprint density at radius 3 is 2.65 bits per heavy atom. The molecule has 0 saturated carbocycles. The van der Waals surface area contributed by atoms with E-state index in [4.69, 9.17) is 4.74 Å².